The summed E-state index contributed by atoms with van der Waals surface area (Å²) in [7, 11) is -3.19. The second-order valence-electron chi connectivity index (χ2n) is 5.51. The van der Waals surface area contributed by atoms with Crippen LogP contribution in [0.2, 0.25) is 5.02 Å². The van der Waals surface area contributed by atoms with Crippen molar-refractivity contribution >= 4 is 38.4 Å². The first-order valence-electron chi connectivity index (χ1n) is 6.79. The van der Waals surface area contributed by atoms with Crippen molar-refractivity contribution in [2.75, 3.05) is 12.0 Å². The third-order valence-electron chi connectivity index (χ3n) is 3.23. The van der Waals surface area contributed by atoms with Crippen LogP contribution >= 0.6 is 11.6 Å². The lowest BCUT2D eigenvalue weighted by molar-refractivity contribution is -0.124. The minimum absolute atomic E-state index is 0.179. The summed E-state index contributed by atoms with van der Waals surface area (Å²) < 4.78 is 22.5. The predicted molar refractivity (Wildman–Crippen MR) is 86.5 cm³/mol. The SMILES string of the molecule is C[C@H](NC(=O)[C@@H](C)CS(C)(=O)=O)c1nc2ccc(Cl)cc2[nH]1. The van der Waals surface area contributed by atoms with Crippen LogP contribution < -0.4 is 5.32 Å². The van der Waals surface area contributed by atoms with E-state index in [4.69, 9.17) is 11.6 Å². The standard InChI is InChI=1S/C14H18ClN3O3S/c1-8(7-22(3,20)21)14(19)16-9(2)13-17-11-5-4-10(15)6-12(11)18-13/h4-6,8-9H,7H2,1-3H3,(H,16,19)(H,17,18)/t8-,9-/m0/s1. The number of hydrogen-bond donors (Lipinski definition) is 2. The van der Waals surface area contributed by atoms with Gasteiger partial charge in [0.1, 0.15) is 15.7 Å². The Hall–Kier alpha value is -1.60. The molecule has 2 aromatic rings. The number of hydrogen-bond acceptors (Lipinski definition) is 4. The van der Waals surface area contributed by atoms with Crippen molar-refractivity contribution in [2.45, 2.75) is 19.9 Å². The number of nitrogens with zero attached hydrogens (tertiary/aromatic N) is 1. The maximum atomic E-state index is 12.0. The number of rotatable bonds is 5. The van der Waals surface area contributed by atoms with Gasteiger partial charge in [-0.3, -0.25) is 4.79 Å². The molecule has 8 heteroatoms. The Bertz CT molecular complexity index is 801. The zero-order chi connectivity index (χ0) is 16.5. The molecule has 22 heavy (non-hydrogen) atoms. The summed E-state index contributed by atoms with van der Waals surface area (Å²) in [6.07, 6.45) is 1.11. The lowest BCUT2D eigenvalue weighted by Gasteiger charge is -2.15. The molecule has 0 radical (unpaired) electrons. The first kappa shape index (κ1) is 16.8. The van der Waals surface area contributed by atoms with E-state index in [2.05, 4.69) is 15.3 Å². The van der Waals surface area contributed by atoms with Gasteiger partial charge in [-0.25, -0.2) is 13.4 Å². The van der Waals surface area contributed by atoms with Crippen molar-refractivity contribution in [3.8, 4) is 0 Å². The highest BCUT2D eigenvalue weighted by atomic mass is 35.5. The molecular formula is C14H18ClN3O3S. The van der Waals surface area contributed by atoms with Gasteiger partial charge in [-0.2, -0.15) is 0 Å². The molecule has 0 fully saturated rings. The molecule has 0 spiro atoms. The Kier molecular flexibility index (Phi) is 4.77. The van der Waals surface area contributed by atoms with Crippen LogP contribution in [-0.2, 0) is 14.6 Å². The van der Waals surface area contributed by atoms with Gasteiger partial charge in [0, 0.05) is 17.2 Å². The van der Waals surface area contributed by atoms with Crippen LogP contribution in [0.1, 0.15) is 25.7 Å². The molecule has 6 nitrogen and oxygen atoms in total. The molecule has 0 bridgehead atoms. The predicted octanol–water partition coefficient (Wildman–Crippen LogP) is 2.07. The molecule has 2 N–H and O–H groups in total. The van der Waals surface area contributed by atoms with Crippen LogP contribution in [-0.4, -0.2) is 36.3 Å². The molecule has 0 aliphatic rings. The van der Waals surface area contributed by atoms with E-state index in [0.29, 0.717) is 10.8 Å². The number of benzene rings is 1. The Morgan fingerprint density at radius 2 is 2.09 bits per heavy atom. The summed E-state index contributed by atoms with van der Waals surface area (Å²) in [6.45, 7) is 3.37. The molecule has 1 heterocycles. The van der Waals surface area contributed by atoms with Crippen LogP contribution in [0.5, 0.6) is 0 Å². The molecule has 0 saturated heterocycles. The maximum absolute atomic E-state index is 12.0. The van der Waals surface area contributed by atoms with Gasteiger partial charge in [0.2, 0.25) is 5.91 Å². The third kappa shape index (κ3) is 4.20. The fourth-order valence-corrected chi connectivity index (χ4v) is 3.39. The minimum Gasteiger partial charge on any atom is -0.346 e. The van der Waals surface area contributed by atoms with Crippen molar-refractivity contribution < 1.29 is 13.2 Å². The summed E-state index contributed by atoms with van der Waals surface area (Å²) in [5.41, 5.74) is 1.54. The molecule has 0 aliphatic carbocycles. The molecule has 1 amide bonds. The van der Waals surface area contributed by atoms with E-state index in [0.717, 1.165) is 17.3 Å². The summed E-state index contributed by atoms with van der Waals surface area (Å²) >= 11 is 5.92. The zero-order valence-corrected chi connectivity index (χ0v) is 14.1. The van der Waals surface area contributed by atoms with Crippen LogP contribution in [0, 0.1) is 5.92 Å². The topological polar surface area (TPSA) is 91.9 Å². The minimum atomic E-state index is -3.19. The van der Waals surface area contributed by atoms with Crippen molar-refractivity contribution in [3.63, 3.8) is 0 Å². The summed E-state index contributed by atoms with van der Waals surface area (Å²) in [5.74, 6) is -0.522. The number of H-pyrrole nitrogens is 1. The number of halogens is 1. The number of nitrogens with one attached hydrogen (secondary N) is 2. The Labute approximate surface area is 134 Å². The number of aromatic amines is 1. The Morgan fingerprint density at radius 1 is 1.41 bits per heavy atom. The highest BCUT2D eigenvalue weighted by Gasteiger charge is 2.21. The molecule has 1 aromatic heterocycles. The van der Waals surface area contributed by atoms with Crippen LogP contribution in [0.3, 0.4) is 0 Å². The molecule has 1 aromatic carbocycles. The lowest BCUT2D eigenvalue weighted by Crippen LogP contribution is -2.35. The third-order valence-corrected chi connectivity index (χ3v) is 4.57. The van der Waals surface area contributed by atoms with Gasteiger partial charge in [-0.15, -0.1) is 0 Å². The number of aromatic nitrogens is 2. The molecule has 0 unspecified atom stereocenters. The first-order chi connectivity index (χ1) is 10.2. The van der Waals surface area contributed by atoms with E-state index in [9.17, 15) is 13.2 Å². The van der Waals surface area contributed by atoms with Gasteiger partial charge in [-0.05, 0) is 25.1 Å². The monoisotopic (exact) mass is 343 g/mol. The Balaban J connectivity index is 2.10. The van der Waals surface area contributed by atoms with Crippen LogP contribution in [0.15, 0.2) is 18.2 Å². The quantitative estimate of drug-likeness (QED) is 0.869. The van der Waals surface area contributed by atoms with E-state index in [1.807, 2.05) is 0 Å². The van der Waals surface area contributed by atoms with Gasteiger partial charge in [0.15, 0.2) is 0 Å². The summed E-state index contributed by atoms with van der Waals surface area (Å²) in [5, 5.41) is 3.36. The second-order valence-corrected chi connectivity index (χ2v) is 8.13. The van der Waals surface area contributed by atoms with E-state index in [1.165, 1.54) is 0 Å². The average molecular weight is 344 g/mol. The summed E-state index contributed by atoms with van der Waals surface area (Å²) in [6, 6.07) is 4.93. The van der Waals surface area contributed by atoms with Crippen molar-refractivity contribution in [2.24, 2.45) is 5.92 Å². The molecule has 2 atom stereocenters. The number of carbonyl (C=O) groups excluding carboxylic acids is 1. The first-order valence-corrected chi connectivity index (χ1v) is 9.23. The lowest BCUT2D eigenvalue weighted by atomic mass is 10.2. The molecular weight excluding hydrogens is 326 g/mol. The number of fused-ring (bicyclic) bond motifs is 1. The van der Waals surface area contributed by atoms with Crippen molar-refractivity contribution in [1.29, 1.82) is 0 Å². The maximum Gasteiger partial charge on any atom is 0.224 e. The summed E-state index contributed by atoms with van der Waals surface area (Å²) in [4.78, 5) is 19.5. The molecule has 0 saturated carbocycles. The van der Waals surface area contributed by atoms with E-state index >= 15 is 0 Å². The highest BCUT2D eigenvalue weighted by molar-refractivity contribution is 7.90. The molecule has 0 aliphatic heterocycles. The number of carbonyl (C=O) groups is 1. The molecule has 120 valence electrons. The van der Waals surface area contributed by atoms with E-state index in [-0.39, 0.29) is 17.7 Å². The van der Waals surface area contributed by atoms with Crippen molar-refractivity contribution in [3.05, 3.63) is 29.0 Å². The average Bonchev–Trinajstić information content (AvgIpc) is 2.79. The van der Waals surface area contributed by atoms with Gasteiger partial charge in [0.25, 0.3) is 0 Å². The number of imidazole rings is 1. The largest absolute Gasteiger partial charge is 0.346 e. The number of sulfone groups is 1. The van der Waals surface area contributed by atoms with E-state index in [1.54, 1.807) is 32.0 Å². The van der Waals surface area contributed by atoms with Gasteiger partial charge >= 0.3 is 0 Å². The second kappa shape index (κ2) is 6.26. The smallest absolute Gasteiger partial charge is 0.224 e. The fourth-order valence-electron chi connectivity index (χ4n) is 2.16. The van der Waals surface area contributed by atoms with E-state index < -0.39 is 15.8 Å². The Morgan fingerprint density at radius 3 is 2.73 bits per heavy atom. The highest BCUT2D eigenvalue weighted by Crippen LogP contribution is 2.20. The van der Waals surface area contributed by atoms with Crippen molar-refractivity contribution in [1.82, 2.24) is 15.3 Å². The normalized spacial score (nSPS) is 14.7. The number of amides is 1. The van der Waals surface area contributed by atoms with Crippen LogP contribution in [0.25, 0.3) is 11.0 Å². The zero-order valence-electron chi connectivity index (χ0n) is 12.6. The van der Waals surface area contributed by atoms with Crippen LogP contribution in [0.4, 0.5) is 0 Å². The van der Waals surface area contributed by atoms with Gasteiger partial charge < -0.3 is 10.3 Å². The fraction of sp³-hybridized carbons (Fsp3) is 0.429. The van der Waals surface area contributed by atoms with Gasteiger partial charge in [-0.1, -0.05) is 18.5 Å². The van der Waals surface area contributed by atoms with Gasteiger partial charge in [0.05, 0.1) is 22.8 Å². The molecule has 2 rings (SSSR count).